The Kier molecular flexibility index (Phi) is 5.97. The van der Waals surface area contributed by atoms with Crippen LogP contribution in [0.15, 0.2) is 29.2 Å². The second kappa shape index (κ2) is 7.73. The van der Waals surface area contributed by atoms with Gasteiger partial charge >= 0.3 is 0 Å². The van der Waals surface area contributed by atoms with Gasteiger partial charge in [0.05, 0.1) is 18.1 Å². The number of ether oxygens (including phenoxy) is 1. The summed E-state index contributed by atoms with van der Waals surface area (Å²) in [7, 11) is 3.58. The van der Waals surface area contributed by atoms with Crippen LogP contribution in [0, 0.1) is 5.82 Å². The van der Waals surface area contributed by atoms with Crippen LogP contribution >= 0.6 is 23.1 Å². The highest BCUT2D eigenvalue weighted by atomic mass is 32.2. The number of aromatic nitrogens is 1. The van der Waals surface area contributed by atoms with E-state index in [-0.39, 0.29) is 5.82 Å². The SMILES string of the molecule is CNCc1sc(CSc2cccc(F)c2)nc1COC. The summed E-state index contributed by atoms with van der Waals surface area (Å²) in [5.41, 5.74) is 0.988. The molecule has 108 valence electrons. The molecule has 0 atom stereocenters. The average Bonchev–Trinajstić information content (AvgIpc) is 2.80. The quantitative estimate of drug-likeness (QED) is 0.794. The number of benzene rings is 1. The van der Waals surface area contributed by atoms with E-state index in [0.29, 0.717) is 6.61 Å². The number of hydrogen-bond acceptors (Lipinski definition) is 5. The summed E-state index contributed by atoms with van der Waals surface area (Å²) in [6, 6.07) is 6.63. The number of nitrogens with one attached hydrogen (secondary N) is 1. The predicted molar refractivity (Wildman–Crippen MR) is 81.6 cm³/mol. The van der Waals surface area contributed by atoms with Gasteiger partial charge in [0.15, 0.2) is 0 Å². The standard InChI is InChI=1S/C14H17FN2OS2/c1-16-7-13-12(8-18-2)17-14(20-13)9-19-11-5-3-4-10(15)6-11/h3-6,16H,7-9H2,1-2H3. The Morgan fingerprint density at radius 3 is 3.00 bits per heavy atom. The Balaban J connectivity index is 2.03. The van der Waals surface area contributed by atoms with Gasteiger partial charge in [-0.1, -0.05) is 6.07 Å². The molecule has 6 heteroatoms. The minimum Gasteiger partial charge on any atom is -0.378 e. The van der Waals surface area contributed by atoms with Gasteiger partial charge in [0.1, 0.15) is 10.8 Å². The van der Waals surface area contributed by atoms with Gasteiger partial charge in [-0.2, -0.15) is 0 Å². The molecule has 0 spiro atoms. The third kappa shape index (κ3) is 4.28. The van der Waals surface area contributed by atoms with Crippen molar-refractivity contribution in [2.45, 2.75) is 23.8 Å². The van der Waals surface area contributed by atoms with Gasteiger partial charge in [0, 0.05) is 23.4 Å². The minimum atomic E-state index is -0.204. The maximum atomic E-state index is 13.1. The van der Waals surface area contributed by atoms with Crippen molar-refractivity contribution in [2.24, 2.45) is 0 Å². The number of nitrogens with zero attached hydrogens (tertiary/aromatic N) is 1. The fourth-order valence-electron chi connectivity index (χ4n) is 1.75. The average molecular weight is 312 g/mol. The zero-order valence-electron chi connectivity index (χ0n) is 11.5. The molecule has 0 unspecified atom stereocenters. The zero-order chi connectivity index (χ0) is 14.4. The number of thiazole rings is 1. The van der Waals surface area contributed by atoms with Crippen molar-refractivity contribution in [3.05, 3.63) is 45.7 Å². The normalized spacial score (nSPS) is 10.9. The third-order valence-corrected chi connectivity index (χ3v) is 4.88. The molecular weight excluding hydrogens is 295 g/mol. The number of rotatable bonds is 7. The highest BCUT2D eigenvalue weighted by Crippen LogP contribution is 2.27. The van der Waals surface area contributed by atoms with Crippen molar-refractivity contribution in [1.29, 1.82) is 0 Å². The molecular formula is C14H17FN2OS2. The summed E-state index contributed by atoms with van der Waals surface area (Å²) >= 11 is 3.27. The van der Waals surface area contributed by atoms with Crippen molar-refractivity contribution in [3.8, 4) is 0 Å². The molecule has 0 aliphatic carbocycles. The van der Waals surface area contributed by atoms with Crippen molar-refractivity contribution in [1.82, 2.24) is 10.3 Å². The monoisotopic (exact) mass is 312 g/mol. The van der Waals surface area contributed by atoms with Crippen LogP contribution in [0.25, 0.3) is 0 Å². The molecule has 2 aromatic rings. The fourth-order valence-corrected chi connectivity index (χ4v) is 3.77. The van der Waals surface area contributed by atoms with Gasteiger partial charge in [-0.25, -0.2) is 9.37 Å². The van der Waals surface area contributed by atoms with Crippen LogP contribution in [0.3, 0.4) is 0 Å². The summed E-state index contributed by atoms with van der Waals surface area (Å²) in [5, 5.41) is 4.17. The summed E-state index contributed by atoms with van der Waals surface area (Å²) < 4.78 is 18.3. The van der Waals surface area contributed by atoms with Crippen LogP contribution in [-0.4, -0.2) is 19.1 Å². The van der Waals surface area contributed by atoms with Gasteiger partial charge in [-0.3, -0.25) is 0 Å². The van der Waals surface area contributed by atoms with E-state index in [0.717, 1.165) is 27.9 Å². The maximum Gasteiger partial charge on any atom is 0.124 e. The maximum absolute atomic E-state index is 13.1. The first-order valence-electron chi connectivity index (χ1n) is 6.22. The molecule has 1 heterocycles. The van der Waals surface area contributed by atoms with Crippen molar-refractivity contribution < 1.29 is 9.13 Å². The molecule has 0 aliphatic heterocycles. The van der Waals surface area contributed by atoms with E-state index in [9.17, 15) is 4.39 Å². The smallest absolute Gasteiger partial charge is 0.124 e. The fraction of sp³-hybridized carbons (Fsp3) is 0.357. The molecule has 0 amide bonds. The van der Waals surface area contributed by atoms with Crippen LogP contribution < -0.4 is 5.32 Å². The van der Waals surface area contributed by atoms with E-state index >= 15 is 0 Å². The second-order valence-corrected chi connectivity index (χ2v) is 6.40. The summed E-state index contributed by atoms with van der Waals surface area (Å²) in [6.07, 6.45) is 0. The van der Waals surface area contributed by atoms with Crippen LogP contribution in [0.2, 0.25) is 0 Å². The number of methoxy groups -OCH3 is 1. The molecule has 1 aromatic heterocycles. The van der Waals surface area contributed by atoms with Crippen LogP contribution in [0.5, 0.6) is 0 Å². The molecule has 2 rings (SSSR count). The predicted octanol–water partition coefficient (Wildman–Crippen LogP) is 3.44. The van der Waals surface area contributed by atoms with E-state index in [1.165, 1.54) is 10.9 Å². The van der Waals surface area contributed by atoms with Crippen molar-refractivity contribution >= 4 is 23.1 Å². The van der Waals surface area contributed by atoms with E-state index in [1.807, 2.05) is 13.1 Å². The summed E-state index contributed by atoms with van der Waals surface area (Å²) in [5.74, 6) is 0.541. The molecule has 3 nitrogen and oxygen atoms in total. The zero-order valence-corrected chi connectivity index (χ0v) is 13.1. The highest BCUT2D eigenvalue weighted by Gasteiger charge is 2.10. The van der Waals surface area contributed by atoms with Gasteiger partial charge in [0.2, 0.25) is 0 Å². The Morgan fingerprint density at radius 1 is 1.45 bits per heavy atom. The van der Waals surface area contributed by atoms with E-state index in [1.54, 1.807) is 42.3 Å². The number of thioether (sulfide) groups is 1. The number of halogens is 1. The van der Waals surface area contributed by atoms with E-state index in [4.69, 9.17) is 4.74 Å². The highest BCUT2D eigenvalue weighted by molar-refractivity contribution is 7.98. The first-order chi connectivity index (χ1) is 9.72. The lowest BCUT2D eigenvalue weighted by Crippen LogP contribution is -2.06. The summed E-state index contributed by atoms with van der Waals surface area (Å²) in [4.78, 5) is 6.71. The molecule has 0 aliphatic rings. The van der Waals surface area contributed by atoms with Crippen LogP contribution in [0.4, 0.5) is 4.39 Å². The Labute approximate surface area is 126 Å². The summed E-state index contributed by atoms with van der Waals surface area (Å²) in [6.45, 7) is 1.32. The largest absolute Gasteiger partial charge is 0.378 e. The van der Waals surface area contributed by atoms with Crippen molar-refractivity contribution in [3.63, 3.8) is 0 Å². The Hall–Kier alpha value is -0.950. The van der Waals surface area contributed by atoms with Gasteiger partial charge in [-0.15, -0.1) is 23.1 Å². The Morgan fingerprint density at radius 2 is 2.30 bits per heavy atom. The first kappa shape index (κ1) is 15.4. The topological polar surface area (TPSA) is 34.2 Å². The molecule has 1 aromatic carbocycles. The molecule has 0 radical (unpaired) electrons. The van der Waals surface area contributed by atoms with Gasteiger partial charge < -0.3 is 10.1 Å². The minimum absolute atomic E-state index is 0.204. The first-order valence-corrected chi connectivity index (χ1v) is 8.02. The molecule has 0 saturated heterocycles. The van der Waals surface area contributed by atoms with Crippen LogP contribution in [0.1, 0.15) is 15.6 Å². The lowest BCUT2D eigenvalue weighted by molar-refractivity contribution is 0.181. The van der Waals surface area contributed by atoms with E-state index < -0.39 is 0 Å². The van der Waals surface area contributed by atoms with Crippen LogP contribution in [-0.2, 0) is 23.6 Å². The molecule has 0 fully saturated rings. The molecule has 1 N–H and O–H groups in total. The van der Waals surface area contributed by atoms with Gasteiger partial charge in [0.25, 0.3) is 0 Å². The second-order valence-electron chi connectivity index (χ2n) is 4.19. The lowest BCUT2D eigenvalue weighted by Gasteiger charge is -1.99. The molecule has 0 bridgehead atoms. The number of hydrogen-bond donors (Lipinski definition) is 1. The Bertz CT molecular complexity index is 536. The molecule has 0 saturated carbocycles. The lowest BCUT2D eigenvalue weighted by atomic mass is 10.4. The van der Waals surface area contributed by atoms with Crippen molar-refractivity contribution in [2.75, 3.05) is 14.2 Å². The van der Waals surface area contributed by atoms with Gasteiger partial charge in [-0.05, 0) is 25.2 Å². The molecule has 20 heavy (non-hydrogen) atoms. The third-order valence-electron chi connectivity index (χ3n) is 2.60. The van der Waals surface area contributed by atoms with E-state index in [2.05, 4.69) is 10.3 Å².